The number of aliphatic carboxylic acids is 1. The molecule has 0 spiro atoms. The Morgan fingerprint density at radius 2 is 2.13 bits per heavy atom. The first-order chi connectivity index (χ1) is 7.04. The van der Waals surface area contributed by atoms with Crippen LogP contribution >= 0.6 is 0 Å². The van der Waals surface area contributed by atoms with Gasteiger partial charge in [-0.2, -0.15) is 0 Å². The lowest BCUT2D eigenvalue weighted by atomic mass is 10.2. The van der Waals surface area contributed by atoms with Gasteiger partial charge in [0.2, 0.25) is 0 Å². The maximum atomic E-state index is 11.6. The number of carboxylic acids is 1. The molecule has 0 bridgehead atoms. The predicted octanol–water partition coefficient (Wildman–Crippen LogP) is 0.901. The van der Waals surface area contributed by atoms with Gasteiger partial charge in [-0.05, 0) is 19.8 Å². The van der Waals surface area contributed by atoms with Crippen LogP contribution in [0.15, 0.2) is 0 Å². The lowest BCUT2D eigenvalue weighted by molar-refractivity contribution is -0.141. The van der Waals surface area contributed by atoms with Crippen LogP contribution in [0.2, 0.25) is 0 Å². The minimum atomic E-state index is -0.868. The van der Waals surface area contributed by atoms with Crippen molar-refractivity contribution in [1.29, 1.82) is 0 Å². The molecule has 0 aromatic rings. The van der Waals surface area contributed by atoms with Gasteiger partial charge >= 0.3 is 12.0 Å². The summed E-state index contributed by atoms with van der Waals surface area (Å²) >= 11 is 0. The summed E-state index contributed by atoms with van der Waals surface area (Å²) in [7, 11) is 0. The van der Waals surface area contributed by atoms with Crippen LogP contribution in [0, 0.1) is 5.92 Å². The highest BCUT2D eigenvalue weighted by atomic mass is 16.4. The van der Waals surface area contributed by atoms with Gasteiger partial charge in [0, 0.05) is 19.1 Å². The molecule has 0 heterocycles. The van der Waals surface area contributed by atoms with Gasteiger partial charge in [-0.3, -0.25) is 4.79 Å². The van der Waals surface area contributed by atoms with Crippen molar-refractivity contribution in [3.8, 4) is 0 Å². The summed E-state index contributed by atoms with van der Waals surface area (Å²) in [5.41, 5.74) is 0. The number of nitrogens with one attached hydrogen (secondary N) is 1. The molecule has 1 rings (SSSR count). The first-order valence-corrected chi connectivity index (χ1v) is 5.32. The van der Waals surface area contributed by atoms with Crippen molar-refractivity contribution >= 4 is 12.0 Å². The number of carbonyl (C=O) groups excluding carboxylic acids is 1. The van der Waals surface area contributed by atoms with Crippen LogP contribution in [-0.2, 0) is 4.79 Å². The second-order valence-electron chi connectivity index (χ2n) is 4.00. The minimum absolute atomic E-state index is 0.145. The number of urea groups is 1. The lowest BCUT2D eigenvalue weighted by Crippen LogP contribution is -2.43. The van der Waals surface area contributed by atoms with Gasteiger partial charge in [0.05, 0.1) is 5.92 Å². The molecule has 1 aliphatic rings. The zero-order chi connectivity index (χ0) is 11.4. The monoisotopic (exact) mass is 214 g/mol. The molecule has 0 saturated heterocycles. The van der Waals surface area contributed by atoms with Crippen molar-refractivity contribution in [2.45, 2.75) is 32.7 Å². The number of amides is 2. The van der Waals surface area contributed by atoms with Gasteiger partial charge in [0.25, 0.3) is 0 Å². The number of hydrogen-bond acceptors (Lipinski definition) is 2. The Kier molecular flexibility index (Phi) is 3.94. The van der Waals surface area contributed by atoms with Gasteiger partial charge in [-0.25, -0.2) is 4.79 Å². The molecule has 0 radical (unpaired) electrons. The number of nitrogens with zero attached hydrogens (tertiary/aromatic N) is 1. The van der Waals surface area contributed by atoms with Crippen LogP contribution in [0.1, 0.15) is 26.7 Å². The van der Waals surface area contributed by atoms with Crippen molar-refractivity contribution in [2.75, 3.05) is 13.1 Å². The van der Waals surface area contributed by atoms with Crippen LogP contribution in [0.4, 0.5) is 4.79 Å². The average molecular weight is 214 g/mol. The first kappa shape index (κ1) is 11.8. The summed E-state index contributed by atoms with van der Waals surface area (Å²) in [6.07, 6.45) is 2.08. The first-order valence-electron chi connectivity index (χ1n) is 5.32. The Morgan fingerprint density at radius 1 is 1.53 bits per heavy atom. The van der Waals surface area contributed by atoms with Crippen molar-refractivity contribution in [3.05, 3.63) is 0 Å². The van der Waals surface area contributed by atoms with E-state index in [4.69, 9.17) is 5.11 Å². The van der Waals surface area contributed by atoms with Crippen molar-refractivity contribution in [1.82, 2.24) is 10.2 Å². The Bertz CT molecular complexity index is 251. The standard InChI is InChI=1S/C10H18N2O3/c1-3-12(6-7(2)9(13)14)10(15)11-8-4-5-8/h7-8H,3-6H2,1-2H3,(H,11,15)(H,13,14). The smallest absolute Gasteiger partial charge is 0.317 e. The van der Waals surface area contributed by atoms with E-state index >= 15 is 0 Å². The van der Waals surface area contributed by atoms with Crippen molar-refractivity contribution in [2.24, 2.45) is 5.92 Å². The fourth-order valence-corrected chi connectivity index (χ4v) is 1.26. The van der Waals surface area contributed by atoms with E-state index in [1.54, 1.807) is 6.92 Å². The maximum Gasteiger partial charge on any atom is 0.317 e. The third kappa shape index (κ3) is 3.77. The molecule has 0 aliphatic heterocycles. The highest BCUT2D eigenvalue weighted by Gasteiger charge is 2.26. The summed E-state index contributed by atoms with van der Waals surface area (Å²) in [6, 6.07) is 0.166. The Hall–Kier alpha value is -1.26. The van der Waals surface area contributed by atoms with Gasteiger partial charge in [0.15, 0.2) is 0 Å². The molecule has 5 heteroatoms. The number of rotatable bonds is 5. The van der Waals surface area contributed by atoms with Crippen LogP contribution < -0.4 is 5.32 Å². The molecule has 15 heavy (non-hydrogen) atoms. The predicted molar refractivity (Wildman–Crippen MR) is 55.6 cm³/mol. The van der Waals surface area contributed by atoms with Crippen LogP contribution in [0.5, 0.6) is 0 Å². The van der Waals surface area contributed by atoms with Crippen molar-refractivity contribution < 1.29 is 14.7 Å². The second kappa shape index (κ2) is 5.00. The molecule has 1 aliphatic carbocycles. The summed E-state index contributed by atoms with van der Waals surface area (Å²) in [6.45, 7) is 4.26. The zero-order valence-electron chi connectivity index (χ0n) is 9.19. The molecule has 0 aromatic heterocycles. The number of carbonyl (C=O) groups is 2. The lowest BCUT2D eigenvalue weighted by Gasteiger charge is -2.23. The van der Waals surface area contributed by atoms with E-state index in [2.05, 4.69) is 5.32 Å². The summed E-state index contributed by atoms with van der Waals surface area (Å²) < 4.78 is 0. The third-order valence-electron chi connectivity index (χ3n) is 2.49. The maximum absolute atomic E-state index is 11.6. The Balaban J connectivity index is 2.38. The molecular formula is C10H18N2O3. The summed E-state index contributed by atoms with van der Waals surface area (Å²) in [4.78, 5) is 23.8. The number of hydrogen-bond donors (Lipinski definition) is 2. The van der Waals surface area contributed by atoms with Gasteiger partial charge < -0.3 is 15.3 Å². The molecule has 2 N–H and O–H groups in total. The molecule has 1 fully saturated rings. The molecule has 1 unspecified atom stereocenters. The Morgan fingerprint density at radius 3 is 2.53 bits per heavy atom. The van der Waals surface area contributed by atoms with E-state index < -0.39 is 11.9 Å². The summed E-state index contributed by atoms with van der Waals surface area (Å²) in [5, 5.41) is 11.6. The summed E-state index contributed by atoms with van der Waals surface area (Å²) in [5.74, 6) is -1.39. The van der Waals surface area contributed by atoms with Crippen LogP contribution in [0.3, 0.4) is 0 Å². The van der Waals surface area contributed by atoms with Gasteiger partial charge in [0.1, 0.15) is 0 Å². The van der Waals surface area contributed by atoms with Crippen LogP contribution in [-0.4, -0.2) is 41.1 Å². The number of carboxylic acid groups (broad SMARTS) is 1. The fourth-order valence-electron chi connectivity index (χ4n) is 1.26. The van der Waals surface area contributed by atoms with E-state index in [0.29, 0.717) is 12.6 Å². The van der Waals surface area contributed by atoms with E-state index in [0.717, 1.165) is 12.8 Å². The van der Waals surface area contributed by atoms with E-state index in [-0.39, 0.29) is 12.6 Å². The Labute approximate surface area is 89.4 Å². The highest BCUT2D eigenvalue weighted by Crippen LogP contribution is 2.19. The highest BCUT2D eigenvalue weighted by molar-refractivity contribution is 5.76. The quantitative estimate of drug-likeness (QED) is 0.714. The SMILES string of the molecule is CCN(CC(C)C(=O)O)C(=O)NC1CC1. The molecule has 0 aromatic carbocycles. The average Bonchev–Trinajstić information content (AvgIpc) is 2.96. The zero-order valence-corrected chi connectivity index (χ0v) is 9.19. The topological polar surface area (TPSA) is 69.6 Å². The van der Waals surface area contributed by atoms with E-state index in [9.17, 15) is 9.59 Å². The van der Waals surface area contributed by atoms with Gasteiger partial charge in [-0.1, -0.05) is 6.92 Å². The van der Waals surface area contributed by atoms with Crippen molar-refractivity contribution in [3.63, 3.8) is 0 Å². The fraction of sp³-hybridized carbons (Fsp3) is 0.800. The largest absolute Gasteiger partial charge is 0.481 e. The molecular weight excluding hydrogens is 196 g/mol. The van der Waals surface area contributed by atoms with Crippen LogP contribution in [0.25, 0.3) is 0 Å². The second-order valence-corrected chi connectivity index (χ2v) is 4.00. The molecule has 1 saturated carbocycles. The molecule has 86 valence electrons. The molecule has 2 amide bonds. The van der Waals surface area contributed by atoms with E-state index in [1.165, 1.54) is 4.90 Å². The normalized spacial score (nSPS) is 16.9. The third-order valence-corrected chi connectivity index (χ3v) is 2.49. The van der Waals surface area contributed by atoms with Gasteiger partial charge in [-0.15, -0.1) is 0 Å². The van der Waals surface area contributed by atoms with E-state index in [1.807, 2.05) is 6.92 Å². The molecule has 5 nitrogen and oxygen atoms in total. The molecule has 1 atom stereocenters. The minimum Gasteiger partial charge on any atom is -0.481 e.